The lowest BCUT2D eigenvalue weighted by atomic mass is 9.97. The fourth-order valence-corrected chi connectivity index (χ4v) is 4.90. The highest BCUT2D eigenvalue weighted by atomic mass is 16.5. The van der Waals surface area contributed by atoms with E-state index < -0.39 is 0 Å². The van der Waals surface area contributed by atoms with Gasteiger partial charge >= 0.3 is 0 Å². The zero-order valence-corrected chi connectivity index (χ0v) is 21.5. The van der Waals surface area contributed by atoms with Crippen LogP contribution >= 0.6 is 0 Å². The van der Waals surface area contributed by atoms with Gasteiger partial charge in [-0.2, -0.15) is 0 Å². The van der Waals surface area contributed by atoms with Gasteiger partial charge in [-0.15, -0.1) is 0 Å². The summed E-state index contributed by atoms with van der Waals surface area (Å²) >= 11 is 0. The standard InChI is InChI=1S/C30H38N2O3/c1-5-32-16-10-14-25(20-32)31-19-28-29(33-3)17-26(18-30(28)34-4)35-21-24-13-9-15-27(22(24)2)23-11-7-6-8-12-23/h6-9,11-13,15,17-18,25,31H,5,10,14,16,19-21H2,1-4H3. The molecule has 5 nitrogen and oxygen atoms in total. The van der Waals surface area contributed by atoms with Crippen molar-refractivity contribution in [1.29, 1.82) is 0 Å². The molecule has 1 aliphatic rings. The van der Waals surface area contributed by atoms with Crippen LogP contribution in [0.3, 0.4) is 0 Å². The molecule has 186 valence electrons. The van der Waals surface area contributed by atoms with E-state index in [2.05, 4.69) is 66.5 Å². The van der Waals surface area contributed by atoms with Crippen LogP contribution in [0, 0.1) is 6.92 Å². The molecular weight excluding hydrogens is 436 g/mol. The van der Waals surface area contributed by atoms with E-state index in [1.807, 2.05) is 18.2 Å². The molecule has 1 fully saturated rings. The molecule has 0 saturated carbocycles. The van der Waals surface area contributed by atoms with Crippen molar-refractivity contribution in [1.82, 2.24) is 10.2 Å². The second-order valence-electron chi connectivity index (χ2n) is 9.16. The number of likely N-dealkylation sites (N-methyl/N-ethyl adjacent to an activating group) is 1. The SMILES string of the molecule is CCN1CCCC(NCc2c(OC)cc(OCc3cccc(-c4ccccc4)c3C)cc2OC)C1. The van der Waals surface area contributed by atoms with Crippen molar-refractivity contribution in [2.75, 3.05) is 33.9 Å². The quantitative estimate of drug-likeness (QED) is 0.400. The van der Waals surface area contributed by atoms with Gasteiger partial charge in [0.05, 0.1) is 19.8 Å². The maximum Gasteiger partial charge on any atom is 0.130 e. The maximum atomic E-state index is 6.24. The Hall–Kier alpha value is -3.02. The van der Waals surface area contributed by atoms with Crippen molar-refractivity contribution >= 4 is 0 Å². The molecule has 35 heavy (non-hydrogen) atoms. The number of hydrogen-bond acceptors (Lipinski definition) is 5. The number of rotatable bonds is 10. The minimum Gasteiger partial charge on any atom is -0.496 e. The molecule has 0 bridgehead atoms. The molecule has 3 aromatic carbocycles. The molecule has 1 N–H and O–H groups in total. The zero-order valence-electron chi connectivity index (χ0n) is 21.5. The molecule has 1 aliphatic heterocycles. The van der Waals surface area contributed by atoms with Gasteiger partial charge in [-0.1, -0.05) is 55.5 Å². The van der Waals surface area contributed by atoms with Gasteiger partial charge in [0.2, 0.25) is 0 Å². The number of methoxy groups -OCH3 is 2. The van der Waals surface area contributed by atoms with Crippen molar-refractivity contribution in [3.05, 3.63) is 77.4 Å². The topological polar surface area (TPSA) is 43.0 Å². The number of piperidine rings is 1. The van der Waals surface area contributed by atoms with Gasteiger partial charge in [0.1, 0.15) is 23.9 Å². The van der Waals surface area contributed by atoms with Gasteiger partial charge in [-0.3, -0.25) is 0 Å². The Morgan fingerprint density at radius 3 is 2.40 bits per heavy atom. The average Bonchev–Trinajstić information content (AvgIpc) is 2.91. The lowest BCUT2D eigenvalue weighted by Crippen LogP contribution is -2.45. The predicted octanol–water partition coefficient (Wildman–Crippen LogP) is 5.83. The van der Waals surface area contributed by atoms with E-state index in [1.54, 1.807) is 14.2 Å². The van der Waals surface area contributed by atoms with Gasteiger partial charge in [0.25, 0.3) is 0 Å². The van der Waals surface area contributed by atoms with Crippen LogP contribution in [-0.4, -0.2) is 44.8 Å². The fourth-order valence-electron chi connectivity index (χ4n) is 4.90. The molecule has 0 amide bonds. The smallest absolute Gasteiger partial charge is 0.130 e. The number of hydrogen-bond donors (Lipinski definition) is 1. The summed E-state index contributed by atoms with van der Waals surface area (Å²) in [5.41, 5.74) is 5.86. The monoisotopic (exact) mass is 474 g/mol. The van der Waals surface area contributed by atoms with E-state index in [0.717, 1.165) is 41.5 Å². The van der Waals surface area contributed by atoms with Crippen molar-refractivity contribution in [3.63, 3.8) is 0 Å². The molecule has 3 aromatic rings. The van der Waals surface area contributed by atoms with Crippen molar-refractivity contribution in [3.8, 4) is 28.4 Å². The molecule has 0 aliphatic carbocycles. The Morgan fingerprint density at radius 2 is 1.71 bits per heavy atom. The zero-order chi connectivity index (χ0) is 24.6. The van der Waals surface area contributed by atoms with Crippen molar-refractivity contribution in [2.24, 2.45) is 0 Å². The van der Waals surface area contributed by atoms with Crippen molar-refractivity contribution in [2.45, 2.75) is 45.9 Å². The van der Waals surface area contributed by atoms with Crippen LogP contribution in [0.2, 0.25) is 0 Å². The third-order valence-electron chi connectivity index (χ3n) is 7.03. The van der Waals surface area contributed by atoms with E-state index in [4.69, 9.17) is 14.2 Å². The Labute approximate surface area is 210 Å². The van der Waals surface area contributed by atoms with E-state index in [9.17, 15) is 0 Å². The molecule has 0 spiro atoms. The summed E-state index contributed by atoms with van der Waals surface area (Å²) in [5.74, 6) is 2.30. The first kappa shape index (κ1) is 25.1. The summed E-state index contributed by atoms with van der Waals surface area (Å²) in [4.78, 5) is 2.50. The molecule has 1 saturated heterocycles. The summed E-state index contributed by atoms with van der Waals surface area (Å²) in [6.45, 7) is 8.95. The highest BCUT2D eigenvalue weighted by Crippen LogP contribution is 2.35. The third kappa shape index (κ3) is 6.16. The number of nitrogens with zero attached hydrogens (tertiary/aromatic N) is 1. The molecular formula is C30H38N2O3. The first-order chi connectivity index (χ1) is 17.1. The summed E-state index contributed by atoms with van der Waals surface area (Å²) in [5, 5.41) is 3.72. The number of likely N-dealkylation sites (tertiary alicyclic amines) is 1. The van der Waals surface area contributed by atoms with Crippen LogP contribution in [0.1, 0.15) is 36.5 Å². The van der Waals surface area contributed by atoms with Gasteiger partial charge < -0.3 is 24.4 Å². The first-order valence-electron chi connectivity index (χ1n) is 12.6. The fraction of sp³-hybridized carbons (Fsp3) is 0.400. The second kappa shape index (κ2) is 12.1. The van der Waals surface area contributed by atoms with Gasteiger partial charge in [0.15, 0.2) is 0 Å². The van der Waals surface area contributed by atoms with E-state index >= 15 is 0 Å². The van der Waals surface area contributed by atoms with Crippen LogP contribution in [0.15, 0.2) is 60.7 Å². The molecule has 1 heterocycles. The van der Waals surface area contributed by atoms with E-state index in [1.165, 1.54) is 36.1 Å². The molecule has 1 atom stereocenters. The first-order valence-corrected chi connectivity index (χ1v) is 12.6. The number of benzene rings is 3. The molecule has 5 heteroatoms. The maximum absolute atomic E-state index is 6.24. The Balaban J connectivity index is 1.47. The van der Waals surface area contributed by atoms with E-state index in [-0.39, 0.29) is 0 Å². The minimum absolute atomic E-state index is 0.478. The summed E-state index contributed by atoms with van der Waals surface area (Å²) in [6.07, 6.45) is 2.43. The molecule has 1 unspecified atom stereocenters. The normalized spacial score (nSPS) is 16.2. The minimum atomic E-state index is 0.478. The number of ether oxygens (including phenoxy) is 3. The van der Waals surface area contributed by atoms with Crippen LogP contribution < -0.4 is 19.5 Å². The van der Waals surface area contributed by atoms with Gasteiger partial charge in [0, 0.05) is 31.3 Å². The summed E-state index contributed by atoms with van der Waals surface area (Å²) < 4.78 is 17.7. The van der Waals surface area contributed by atoms with Crippen LogP contribution in [0.4, 0.5) is 0 Å². The Bertz CT molecular complexity index is 1080. The third-order valence-corrected chi connectivity index (χ3v) is 7.03. The number of nitrogens with one attached hydrogen (secondary N) is 1. The highest BCUT2D eigenvalue weighted by Gasteiger charge is 2.20. The Morgan fingerprint density at radius 1 is 0.971 bits per heavy atom. The second-order valence-corrected chi connectivity index (χ2v) is 9.16. The molecule has 0 aromatic heterocycles. The van der Waals surface area contributed by atoms with Crippen LogP contribution in [0.5, 0.6) is 17.2 Å². The summed E-state index contributed by atoms with van der Waals surface area (Å²) in [7, 11) is 3.41. The highest BCUT2D eigenvalue weighted by molar-refractivity contribution is 5.68. The van der Waals surface area contributed by atoms with Gasteiger partial charge in [-0.05, 0) is 55.1 Å². The van der Waals surface area contributed by atoms with Crippen LogP contribution in [-0.2, 0) is 13.2 Å². The average molecular weight is 475 g/mol. The summed E-state index contributed by atoms with van der Waals surface area (Å²) in [6, 6.07) is 21.3. The van der Waals surface area contributed by atoms with E-state index in [0.29, 0.717) is 19.2 Å². The lowest BCUT2D eigenvalue weighted by Gasteiger charge is -2.32. The van der Waals surface area contributed by atoms with Crippen LogP contribution in [0.25, 0.3) is 11.1 Å². The molecule has 0 radical (unpaired) electrons. The van der Waals surface area contributed by atoms with Crippen molar-refractivity contribution < 1.29 is 14.2 Å². The predicted molar refractivity (Wildman–Crippen MR) is 142 cm³/mol. The lowest BCUT2D eigenvalue weighted by molar-refractivity contribution is 0.197. The molecule has 4 rings (SSSR count). The van der Waals surface area contributed by atoms with Gasteiger partial charge in [-0.25, -0.2) is 0 Å². The largest absolute Gasteiger partial charge is 0.496 e. The Kier molecular flexibility index (Phi) is 8.67.